The highest BCUT2D eigenvalue weighted by Gasteiger charge is 2.15. The minimum Gasteiger partial charge on any atom is -0.340 e. The van der Waals surface area contributed by atoms with Crippen molar-refractivity contribution in [2.24, 2.45) is 0 Å². The van der Waals surface area contributed by atoms with Crippen LogP contribution in [0.5, 0.6) is 0 Å². The van der Waals surface area contributed by atoms with Crippen LogP contribution in [0.3, 0.4) is 0 Å². The number of rotatable bonds is 3. The number of carbonyl (C=O) groups excluding carboxylic acids is 1. The number of carbonyl (C=O) groups is 1. The van der Waals surface area contributed by atoms with E-state index < -0.39 is 4.84 Å². The molecule has 0 bridgehead atoms. The van der Waals surface area contributed by atoms with Crippen molar-refractivity contribution < 1.29 is 4.79 Å². The van der Waals surface area contributed by atoms with Crippen LogP contribution < -0.4 is 0 Å². The monoisotopic (exact) mass is 249 g/mol. The van der Waals surface area contributed by atoms with Crippen molar-refractivity contribution in [2.75, 3.05) is 13.6 Å². The Hall–Kier alpha value is 0.370. The lowest BCUT2D eigenvalue weighted by molar-refractivity contribution is -0.127. The van der Waals surface area contributed by atoms with Crippen molar-refractivity contribution >= 4 is 52.3 Å². The molecule has 0 radical (unpaired) electrons. The van der Waals surface area contributed by atoms with Gasteiger partial charge in [-0.15, -0.1) is 0 Å². The van der Waals surface area contributed by atoms with Crippen LogP contribution in [0.2, 0.25) is 0 Å². The number of halogens is 4. The molecule has 0 aliphatic rings. The first-order valence-electron chi connectivity index (χ1n) is 2.99. The molecule has 12 heavy (non-hydrogen) atoms. The van der Waals surface area contributed by atoms with Crippen molar-refractivity contribution in [1.29, 1.82) is 0 Å². The Kier molecular flexibility index (Phi) is 6.10. The average Bonchev–Trinajstić information content (AvgIpc) is 1.98. The van der Waals surface area contributed by atoms with Gasteiger partial charge in [-0.1, -0.05) is 46.4 Å². The van der Waals surface area contributed by atoms with Gasteiger partial charge in [-0.25, -0.2) is 0 Å². The quantitative estimate of drug-likeness (QED) is 0.706. The van der Waals surface area contributed by atoms with E-state index in [0.29, 0.717) is 0 Å². The lowest BCUT2D eigenvalue weighted by atomic mass is 10.5. The topological polar surface area (TPSA) is 20.3 Å². The molecule has 0 saturated heterocycles. The third-order valence-electron chi connectivity index (χ3n) is 1.08. The molecule has 0 heterocycles. The van der Waals surface area contributed by atoms with Gasteiger partial charge in [-0.2, -0.15) is 0 Å². The zero-order chi connectivity index (χ0) is 9.72. The summed E-state index contributed by atoms with van der Waals surface area (Å²) in [7, 11) is 1.55. The van der Waals surface area contributed by atoms with Gasteiger partial charge in [0.05, 0.1) is 0 Å². The van der Waals surface area contributed by atoms with Crippen LogP contribution >= 0.6 is 46.4 Å². The smallest absolute Gasteiger partial charge is 0.255 e. The molecule has 0 aromatic rings. The SMILES string of the molecule is CN(CC=C(Cl)Cl)C(=O)C(Cl)Cl. The fourth-order valence-corrected chi connectivity index (χ4v) is 0.934. The van der Waals surface area contributed by atoms with Crippen molar-refractivity contribution in [3.05, 3.63) is 10.6 Å². The van der Waals surface area contributed by atoms with E-state index in [-0.39, 0.29) is 16.9 Å². The second-order valence-electron chi connectivity index (χ2n) is 2.01. The molecule has 2 nitrogen and oxygen atoms in total. The second kappa shape index (κ2) is 5.92. The summed E-state index contributed by atoms with van der Waals surface area (Å²) in [5.74, 6) is -0.385. The Labute approximate surface area is 91.0 Å². The minimum atomic E-state index is -1.04. The maximum Gasteiger partial charge on any atom is 0.255 e. The van der Waals surface area contributed by atoms with E-state index in [2.05, 4.69) is 0 Å². The van der Waals surface area contributed by atoms with E-state index in [4.69, 9.17) is 46.4 Å². The highest BCUT2D eigenvalue weighted by molar-refractivity contribution is 6.56. The molecule has 0 aliphatic heterocycles. The molecule has 0 atom stereocenters. The predicted molar refractivity (Wildman–Crippen MR) is 52.9 cm³/mol. The van der Waals surface area contributed by atoms with Gasteiger partial charge in [0.25, 0.3) is 5.91 Å². The van der Waals surface area contributed by atoms with E-state index >= 15 is 0 Å². The van der Waals surface area contributed by atoms with Crippen molar-refractivity contribution in [1.82, 2.24) is 4.90 Å². The first kappa shape index (κ1) is 12.4. The van der Waals surface area contributed by atoms with E-state index in [1.165, 1.54) is 11.0 Å². The predicted octanol–water partition coefficient (Wildman–Crippen LogP) is 2.57. The largest absolute Gasteiger partial charge is 0.340 e. The van der Waals surface area contributed by atoms with Crippen LogP contribution in [0.4, 0.5) is 0 Å². The number of alkyl halides is 2. The fourth-order valence-electron chi connectivity index (χ4n) is 0.463. The molecule has 1 amide bonds. The molecular formula is C6H7Cl4NO. The highest BCUT2D eigenvalue weighted by atomic mass is 35.5. The molecule has 0 saturated carbocycles. The maximum atomic E-state index is 11.0. The zero-order valence-corrected chi connectivity index (χ0v) is 9.25. The number of likely N-dealkylation sites (N-methyl/N-ethyl adjacent to an activating group) is 1. The molecule has 0 rings (SSSR count). The lowest BCUT2D eigenvalue weighted by Crippen LogP contribution is -2.31. The molecule has 0 aliphatic carbocycles. The molecule has 0 spiro atoms. The van der Waals surface area contributed by atoms with E-state index in [1.54, 1.807) is 7.05 Å². The number of hydrogen-bond donors (Lipinski definition) is 0. The molecule has 0 aromatic heterocycles. The summed E-state index contributed by atoms with van der Waals surface area (Å²) < 4.78 is 0.107. The fraction of sp³-hybridized carbons (Fsp3) is 0.500. The third kappa shape index (κ3) is 5.09. The molecular weight excluding hydrogens is 244 g/mol. The summed E-state index contributed by atoms with van der Waals surface area (Å²) in [6.07, 6.45) is 1.47. The second-order valence-corrected chi connectivity index (χ2v) is 4.12. The Morgan fingerprint density at radius 3 is 2.33 bits per heavy atom. The molecule has 70 valence electrons. The van der Waals surface area contributed by atoms with Crippen molar-refractivity contribution in [3.63, 3.8) is 0 Å². The normalized spacial score (nSPS) is 9.83. The highest BCUT2D eigenvalue weighted by Crippen LogP contribution is 2.08. The molecule has 0 unspecified atom stereocenters. The van der Waals surface area contributed by atoms with Crippen LogP contribution in [-0.4, -0.2) is 29.2 Å². The summed E-state index contributed by atoms with van der Waals surface area (Å²) in [5.41, 5.74) is 0. The van der Waals surface area contributed by atoms with Crippen molar-refractivity contribution in [2.45, 2.75) is 4.84 Å². The van der Waals surface area contributed by atoms with E-state index in [9.17, 15) is 4.79 Å². The number of amides is 1. The van der Waals surface area contributed by atoms with Crippen LogP contribution in [0.15, 0.2) is 10.6 Å². The summed E-state index contributed by atoms with van der Waals surface area (Å²) in [4.78, 5) is 11.3. The van der Waals surface area contributed by atoms with E-state index in [0.717, 1.165) is 0 Å². The third-order valence-corrected chi connectivity index (χ3v) is 1.76. The van der Waals surface area contributed by atoms with Gasteiger partial charge in [0.15, 0.2) is 4.84 Å². The van der Waals surface area contributed by atoms with Crippen LogP contribution in [0, 0.1) is 0 Å². The van der Waals surface area contributed by atoms with Crippen molar-refractivity contribution in [3.8, 4) is 0 Å². The van der Waals surface area contributed by atoms with Gasteiger partial charge < -0.3 is 4.90 Å². The zero-order valence-electron chi connectivity index (χ0n) is 6.23. The standard InChI is InChI=1S/C6H7Cl4NO/c1-11(3-2-4(7)8)6(12)5(9)10/h2,5H,3H2,1H3. The van der Waals surface area contributed by atoms with Gasteiger partial charge in [0.1, 0.15) is 4.49 Å². The molecule has 0 aromatic carbocycles. The Morgan fingerprint density at radius 1 is 1.50 bits per heavy atom. The summed E-state index contributed by atoms with van der Waals surface area (Å²) in [6, 6.07) is 0. The van der Waals surface area contributed by atoms with Crippen LogP contribution in [0.25, 0.3) is 0 Å². The number of nitrogens with zero attached hydrogens (tertiary/aromatic N) is 1. The molecule has 0 fully saturated rings. The van der Waals surface area contributed by atoms with Gasteiger partial charge in [0, 0.05) is 13.6 Å². The first-order valence-corrected chi connectivity index (χ1v) is 4.62. The first-order chi connectivity index (χ1) is 5.45. The van der Waals surface area contributed by atoms with Crippen LogP contribution in [0.1, 0.15) is 0 Å². The summed E-state index contributed by atoms with van der Waals surface area (Å²) in [6.45, 7) is 0.289. The Bertz CT molecular complexity index is 188. The van der Waals surface area contributed by atoms with Gasteiger partial charge >= 0.3 is 0 Å². The van der Waals surface area contributed by atoms with Gasteiger partial charge in [-0.05, 0) is 6.08 Å². The molecule has 0 N–H and O–H groups in total. The molecule has 6 heteroatoms. The lowest BCUT2D eigenvalue weighted by Gasteiger charge is -2.14. The van der Waals surface area contributed by atoms with Crippen LogP contribution in [-0.2, 0) is 4.79 Å². The van der Waals surface area contributed by atoms with E-state index in [1.807, 2.05) is 0 Å². The Morgan fingerprint density at radius 2 is 2.00 bits per heavy atom. The minimum absolute atomic E-state index is 0.107. The summed E-state index contributed by atoms with van der Waals surface area (Å²) in [5, 5.41) is 0. The average molecular weight is 251 g/mol. The summed E-state index contributed by atoms with van der Waals surface area (Å²) >= 11 is 21.3. The Balaban J connectivity index is 3.96. The number of hydrogen-bond acceptors (Lipinski definition) is 1. The maximum absolute atomic E-state index is 11.0. The van der Waals surface area contributed by atoms with Gasteiger partial charge in [0.2, 0.25) is 0 Å². The van der Waals surface area contributed by atoms with Gasteiger partial charge in [-0.3, -0.25) is 4.79 Å².